The fraction of sp³-hybridized carbons (Fsp3) is 0.310. The summed E-state index contributed by atoms with van der Waals surface area (Å²) >= 11 is 3.45. The van der Waals surface area contributed by atoms with Crippen molar-refractivity contribution < 1.29 is 18.7 Å². The summed E-state index contributed by atoms with van der Waals surface area (Å²) in [5, 5.41) is 3.19. The number of nitrogens with one attached hydrogen (secondary N) is 1. The zero-order valence-electron chi connectivity index (χ0n) is 20.0. The van der Waals surface area contributed by atoms with E-state index in [1.165, 1.54) is 24.3 Å². The maximum Gasteiger partial charge on any atom is 0.261 e. The number of hydrogen-bond acceptors (Lipinski definition) is 3. The van der Waals surface area contributed by atoms with Gasteiger partial charge in [-0.15, -0.1) is 0 Å². The summed E-state index contributed by atoms with van der Waals surface area (Å²) in [6, 6.07) is 22.4. The molecule has 0 heterocycles. The van der Waals surface area contributed by atoms with E-state index in [1.807, 2.05) is 54.6 Å². The Bertz CT molecular complexity index is 1130. The number of rotatable bonds is 10. The van der Waals surface area contributed by atoms with E-state index in [0.29, 0.717) is 12.2 Å². The minimum absolute atomic E-state index is 0.135. The maximum atomic E-state index is 13.6. The minimum atomic E-state index is -0.707. The molecule has 2 amide bonds. The number of amides is 2. The molecule has 1 atom stereocenters. The first-order valence-electron chi connectivity index (χ1n) is 12.2. The van der Waals surface area contributed by atoms with Crippen LogP contribution in [-0.2, 0) is 22.6 Å². The molecule has 4 rings (SSSR count). The van der Waals surface area contributed by atoms with Crippen LogP contribution in [0.2, 0.25) is 0 Å². The van der Waals surface area contributed by atoms with E-state index in [4.69, 9.17) is 4.74 Å². The molecule has 36 heavy (non-hydrogen) atoms. The fourth-order valence-corrected chi connectivity index (χ4v) is 4.73. The molecule has 0 unspecified atom stereocenters. The lowest BCUT2D eigenvalue weighted by molar-refractivity contribution is -0.143. The predicted molar refractivity (Wildman–Crippen MR) is 141 cm³/mol. The lowest BCUT2D eigenvalue weighted by atomic mass is 10.0. The van der Waals surface area contributed by atoms with E-state index in [1.54, 1.807) is 4.90 Å². The topological polar surface area (TPSA) is 58.6 Å². The highest BCUT2D eigenvalue weighted by Crippen LogP contribution is 2.21. The predicted octanol–water partition coefficient (Wildman–Crippen LogP) is 5.67. The van der Waals surface area contributed by atoms with E-state index in [0.717, 1.165) is 41.3 Å². The van der Waals surface area contributed by atoms with Crippen molar-refractivity contribution in [1.82, 2.24) is 10.2 Å². The first-order valence-corrected chi connectivity index (χ1v) is 13.0. The number of nitrogens with zero attached hydrogens (tertiary/aromatic N) is 1. The molecule has 3 aromatic carbocycles. The Balaban J connectivity index is 1.59. The zero-order valence-corrected chi connectivity index (χ0v) is 21.6. The lowest BCUT2D eigenvalue weighted by Crippen LogP contribution is -2.53. The highest BCUT2D eigenvalue weighted by atomic mass is 79.9. The van der Waals surface area contributed by atoms with Crippen molar-refractivity contribution in [3.63, 3.8) is 0 Å². The summed E-state index contributed by atoms with van der Waals surface area (Å²) in [4.78, 5) is 28.8. The van der Waals surface area contributed by atoms with Gasteiger partial charge in [-0.3, -0.25) is 9.59 Å². The Kier molecular flexibility index (Phi) is 9.11. The summed E-state index contributed by atoms with van der Waals surface area (Å²) in [5.74, 6) is -0.455. The van der Waals surface area contributed by atoms with Gasteiger partial charge in [0.05, 0.1) is 0 Å². The van der Waals surface area contributed by atoms with Crippen molar-refractivity contribution in [2.24, 2.45) is 0 Å². The molecular formula is C29H30BrFN2O3. The van der Waals surface area contributed by atoms with Crippen LogP contribution in [-0.4, -0.2) is 35.4 Å². The van der Waals surface area contributed by atoms with E-state index >= 15 is 0 Å². The number of hydrogen-bond donors (Lipinski definition) is 1. The molecular weight excluding hydrogens is 523 g/mol. The highest BCUT2D eigenvalue weighted by molar-refractivity contribution is 9.10. The average molecular weight is 553 g/mol. The van der Waals surface area contributed by atoms with Gasteiger partial charge in [0, 0.05) is 23.5 Å². The van der Waals surface area contributed by atoms with Crippen LogP contribution >= 0.6 is 15.9 Å². The Hall–Kier alpha value is -3.19. The molecule has 0 aliphatic heterocycles. The van der Waals surface area contributed by atoms with Gasteiger partial charge in [-0.25, -0.2) is 4.39 Å². The maximum absolute atomic E-state index is 13.6. The van der Waals surface area contributed by atoms with Gasteiger partial charge in [0.1, 0.15) is 17.6 Å². The van der Waals surface area contributed by atoms with Crippen molar-refractivity contribution >= 4 is 27.7 Å². The minimum Gasteiger partial charge on any atom is -0.484 e. The molecule has 0 saturated heterocycles. The van der Waals surface area contributed by atoms with Crippen LogP contribution in [0.1, 0.15) is 36.8 Å². The molecule has 1 saturated carbocycles. The summed E-state index contributed by atoms with van der Waals surface area (Å²) < 4.78 is 19.9. The van der Waals surface area contributed by atoms with Gasteiger partial charge in [0.2, 0.25) is 5.91 Å². The Morgan fingerprint density at radius 1 is 0.944 bits per heavy atom. The molecule has 5 nitrogen and oxygen atoms in total. The van der Waals surface area contributed by atoms with Crippen LogP contribution in [0.25, 0.3) is 0 Å². The van der Waals surface area contributed by atoms with Crippen molar-refractivity contribution in [1.29, 1.82) is 0 Å². The molecule has 3 aromatic rings. The average Bonchev–Trinajstić information content (AvgIpc) is 3.40. The highest BCUT2D eigenvalue weighted by Gasteiger charge is 2.32. The van der Waals surface area contributed by atoms with Crippen LogP contribution in [0.3, 0.4) is 0 Å². The molecule has 0 bridgehead atoms. The van der Waals surface area contributed by atoms with Crippen molar-refractivity contribution in [3.8, 4) is 5.75 Å². The summed E-state index contributed by atoms with van der Waals surface area (Å²) in [7, 11) is 0. The zero-order chi connectivity index (χ0) is 25.3. The van der Waals surface area contributed by atoms with Gasteiger partial charge < -0.3 is 15.0 Å². The molecule has 188 valence electrons. The molecule has 0 radical (unpaired) electrons. The Labute approximate surface area is 219 Å². The fourth-order valence-electron chi connectivity index (χ4n) is 4.47. The van der Waals surface area contributed by atoms with Crippen molar-refractivity contribution in [2.45, 2.75) is 50.7 Å². The second kappa shape index (κ2) is 12.7. The number of carbonyl (C=O) groups is 2. The van der Waals surface area contributed by atoms with E-state index in [-0.39, 0.29) is 36.8 Å². The third kappa shape index (κ3) is 7.40. The van der Waals surface area contributed by atoms with Gasteiger partial charge >= 0.3 is 0 Å². The summed E-state index contributed by atoms with van der Waals surface area (Å²) in [6.07, 6.45) is 4.50. The van der Waals surface area contributed by atoms with Crippen LogP contribution in [0.5, 0.6) is 5.75 Å². The second-order valence-corrected chi connectivity index (χ2v) is 10.0. The molecule has 1 fully saturated rings. The van der Waals surface area contributed by atoms with E-state index in [9.17, 15) is 14.0 Å². The van der Waals surface area contributed by atoms with Crippen molar-refractivity contribution in [2.75, 3.05) is 6.61 Å². The van der Waals surface area contributed by atoms with Crippen LogP contribution in [0.4, 0.5) is 4.39 Å². The smallest absolute Gasteiger partial charge is 0.261 e. The van der Waals surface area contributed by atoms with Crippen LogP contribution in [0, 0.1) is 5.82 Å². The van der Waals surface area contributed by atoms with Crippen LogP contribution < -0.4 is 10.1 Å². The van der Waals surface area contributed by atoms with Gasteiger partial charge in [0.25, 0.3) is 5.91 Å². The van der Waals surface area contributed by atoms with Crippen LogP contribution in [0.15, 0.2) is 83.3 Å². The third-order valence-corrected chi connectivity index (χ3v) is 6.94. The SMILES string of the molecule is O=C(NC1CCCC1)[C@@H](Cc1ccccc1)N(Cc1ccc(Br)cc1)C(=O)COc1ccc(F)cc1. The number of carbonyl (C=O) groups excluding carboxylic acids is 2. The van der Waals surface area contributed by atoms with Gasteiger partial charge in [-0.2, -0.15) is 0 Å². The summed E-state index contributed by atoms with van der Waals surface area (Å²) in [6.45, 7) is -0.00135. The lowest BCUT2D eigenvalue weighted by Gasteiger charge is -2.32. The molecule has 0 aromatic heterocycles. The van der Waals surface area contributed by atoms with E-state index in [2.05, 4.69) is 21.2 Å². The summed E-state index contributed by atoms with van der Waals surface area (Å²) in [5.41, 5.74) is 1.87. The van der Waals surface area contributed by atoms with Gasteiger partial charge in [-0.1, -0.05) is 71.2 Å². The monoisotopic (exact) mass is 552 g/mol. The van der Waals surface area contributed by atoms with Gasteiger partial charge in [-0.05, 0) is 60.4 Å². The molecule has 1 aliphatic carbocycles. The quantitative estimate of drug-likeness (QED) is 0.352. The number of ether oxygens (including phenoxy) is 1. The molecule has 0 spiro atoms. The molecule has 1 aliphatic rings. The number of halogens is 2. The number of benzene rings is 3. The normalized spacial score (nSPS) is 14.3. The van der Waals surface area contributed by atoms with Crippen molar-refractivity contribution in [3.05, 3.63) is 100 Å². The molecule has 1 N–H and O–H groups in total. The Morgan fingerprint density at radius 2 is 1.61 bits per heavy atom. The first-order chi connectivity index (χ1) is 17.5. The largest absolute Gasteiger partial charge is 0.484 e. The first kappa shape index (κ1) is 25.9. The standard InChI is InChI=1S/C29H30BrFN2O3/c30-23-12-10-22(11-13-23)19-33(28(34)20-36-26-16-14-24(31)15-17-26)27(18-21-6-2-1-3-7-21)29(35)32-25-8-4-5-9-25/h1-3,6-7,10-17,25,27H,4-5,8-9,18-20H2,(H,32,35)/t27-/m1/s1. The molecule has 7 heteroatoms. The van der Waals surface area contributed by atoms with E-state index < -0.39 is 6.04 Å². The Morgan fingerprint density at radius 3 is 2.28 bits per heavy atom. The third-order valence-electron chi connectivity index (χ3n) is 6.41. The second-order valence-electron chi connectivity index (χ2n) is 9.09. The van der Waals surface area contributed by atoms with Gasteiger partial charge in [0.15, 0.2) is 6.61 Å².